The number of fused-ring (bicyclic) bond motifs is 1. The van der Waals surface area contributed by atoms with Crippen LogP contribution in [-0.2, 0) is 20.9 Å². The monoisotopic (exact) mass is 406 g/mol. The van der Waals surface area contributed by atoms with Crippen LogP contribution in [0.1, 0.15) is 18.2 Å². The molecule has 8 nitrogen and oxygen atoms in total. The van der Waals surface area contributed by atoms with Crippen LogP contribution in [0.5, 0.6) is 5.75 Å². The van der Waals surface area contributed by atoms with Gasteiger partial charge in [-0.2, -0.15) is 5.10 Å². The fraction of sp³-hybridized carbons (Fsp3) is 0.227. The van der Waals surface area contributed by atoms with Crippen LogP contribution in [0.2, 0.25) is 0 Å². The predicted molar refractivity (Wildman–Crippen MR) is 112 cm³/mol. The summed E-state index contributed by atoms with van der Waals surface area (Å²) in [4.78, 5) is 25.2. The van der Waals surface area contributed by atoms with Crippen molar-refractivity contribution in [3.63, 3.8) is 0 Å². The molecule has 154 valence electrons. The molecule has 0 radical (unpaired) electrons. The standard InChI is InChI=1S/C22H22N4O4/c1-29-13-17-20(14-7-4-3-5-8-14)21-24-22(28)18(26(21)25-17)12-19(27)23-15-9-6-10-16(11-15)30-2/h3-11,18H,12-13H2,1-2H3,(H,23,27)(H,24,28). The van der Waals surface area contributed by atoms with Gasteiger partial charge in [0.25, 0.3) is 5.91 Å². The third kappa shape index (κ3) is 3.77. The topological polar surface area (TPSA) is 94.5 Å². The van der Waals surface area contributed by atoms with E-state index < -0.39 is 6.04 Å². The molecule has 4 rings (SSSR count). The van der Waals surface area contributed by atoms with Crippen molar-refractivity contribution >= 4 is 23.3 Å². The molecular formula is C22H22N4O4. The van der Waals surface area contributed by atoms with Crippen molar-refractivity contribution in [2.45, 2.75) is 19.1 Å². The smallest absolute Gasteiger partial charge is 0.251 e. The molecule has 2 heterocycles. The first-order valence-corrected chi connectivity index (χ1v) is 9.51. The Morgan fingerprint density at radius 3 is 2.70 bits per heavy atom. The number of ether oxygens (including phenoxy) is 2. The average Bonchev–Trinajstić information content (AvgIpc) is 3.24. The van der Waals surface area contributed by atoms with E-state index in [2.05, 4.69) is 15.7 Å². The molecule has 2 amide bonds. The zero-order valence-corrected chi connectivity index (χ0v) is 16.7. The Morgan fingerprint density at radius 2 is 1.97 bits per heavy atom. The van der Waals surface area contributed by atoms with E-state index in [4.69, 9.17) is 9.47 Å². The number of carbonyl (C=O) groups excluding carboxylic acids is 2. The minimum absolute atomic E-state index is 0.0433. The van der Waals surface area contributed by atoms with E-state index >= 15 is 0 Å². The lowest BCUT2D eigenvalue weighted by molar-refractivity contribution is -0.123. The van der Waals surface area contributed by atoms with Gasteiger partial charge >= 0.3 is 0 Å². The summed E-state index contributed by atoms with van der Waals surface area (Å²) in [6, 6.07) is 16.0. The van der Waals surface area contributed by atoms with Crippen molar-refractivity contribution < 1.29 is 19.1 Å². The zero-order valence-electron chi connectivity index (χ0n) is 16.7. The maximum absolute atomic E-state index is 12.6. The number of carbonyl (C=O) groups is 2. The summed E-state index contributed by atoms with van der Waals surface area (Å²) in [7, 11) is 3.15. The molecule has 2 aromatic carbocycles. The van der Waals surface area contributed by atoms with Crippen LogP contribution in [0.4, 0.5) is 11.5 Å². The predicted octanol–water partition coefficient (Wildman–Crippen LogP) is 3.23. The molecule has 0 bridgehead atoms. The minimum atomic E-state index is -0.737. The van der Waals surface area contributed by atoms with Gasteiger partial charge in [-0.15, -0.1) is 0 Å². The molecule has 1 aliphatic heterocycles. The van der Waals surface area contributed by atoms with Gasteiger partial charge in [0.1, 0.15) is 17.6 Å². The quantitative estimate of drug-likeness (QED) is 0.628. The number of methoxy groups -OCH3 is 2. The molecule has 0 spiro atoms. The minimum Gasteiger partial charge on any atom is -0.497 e. The second-order valence-corrected chi connectivity index (χ2v) is 6.90. The number of nitrogens with one attached hydrogen (secondary N) is 2. The summed E-state index contributed by atoms with van der Waals surface area (Å²) in [5.41, 5.74) is 3.04. The van der Waals surface area contributed by atoms with E-state index in [0.717, 1.165) is 11.1 Å². The van der Waals surface area contributed by atoms with E-state index in [-0.39, 0.29) is 18.2 Å². The van der Waals surface area contributed by atoms with Crippen molar-refractivity contribution in [1.29, 1.82) is 0 Å². The Kier molecular flexibility index (Phi) is 5.49. The lowest BCUT2D eigenvalue weighted by atomic mass is 10.1. The number of rotatable bonds is 7. The Hall–Kier alpha value is -3.65. The van der Waals surface area contributed by atoms with Gasteiger partial charge in [-0.1, -0.05) is 36.4 Å². The van der Waals surface area contributed by atoms with Crippen LogP contribution < -0.4 is 15.4 Å². The van der Waals surface area contributed by atoms with Gasteiger partial charge in [0.15, 0.2) is 0 Å². The van der Waals surface area contributed by atoms with Crippen molar-refractivity contribution in [3.8, 4) is 16.9 Å². The summed E-state index contributed by atoms with van der Waals surface area (Å²) in [6.45, 7) is 0.294. The van der Waals surface area contributed by atoms with Gasteiger partial charge in [-0.25, -0.2) is 4.68 Å². The number of nitrogens with zero attached hydrogens (tertiary/aromatic N) is 2. The summed E-state index contributed by atoms with van der Waals surface area (Å²) >= 11 is 0. The highest BCUT2D eigenvalue weighted by atomic mass is 16.5. The number of anilines is 2. The molecule has 1 aromatic heterocycles. The first-order chi connectivity index (χ1) is 14.6. The zero-order chi connectivity index (χ0) is 21.1. The Labute approximate surface area is 173 Å². The van der Waals surface area contributed by atoms with Crippen molar-refractivity contribution in [2.24, 2.45) is 0 Å². The molecular weight excluding hydrogens is 384 g/mol. The molecule has 1 atom stereocenters. The lowest BCUT2D eigenvalue weighted by Crippen LogP contribution is -2.24. The third-order valence-electron chi connectivity index (χ3n) is 4.90. The van der Waals surface area contributed by atoms with Crippen LogP contribution in [0.25, 0.3) is 11.1 Å². The average molecular weight is 406 g/mol. The van der Waals surface area contributed by atoms with Gasteiger partial charge in [0.05, 0.1) is 25.8 Å². The van der Waals surface area contributed by atoms with E-state index in [1.54, 1.807) is 43.2 Å². The van der Waals surface area contributed by atoms with Gasteiger partial charge in [0, 0.05) is 24.4 Å². The number of hydrogen-bond donors (Lipinski definition) is 2. The Bertz CT molecular complexity index is 1080. The van der Waals surface area contributed by atoms with Crippen LogP contribution in [0, 0.1) is 0 Å². The number of benzene rings is 2. The fourth-order valence-electron chi connectivity index (χ4n) is 3.55. The fourth-order valence-corrected chi connectivity index (χ4v) is 3.55. The molecule has 3 aromatic rings. The van der Waals surface area contributed by atoms with E-state index in [1.807, 2.05) is 30.3 Å². The highest BCUT2D eigenvalue weighted by molar-refractivity contribution is 6.04. The second kappa shape index (κ2) is 8.38. The highest BCUT2D eigenvalue weighted by Gasteiger charge is 2.37. The summed E-state index contributed by atoms with van der Waals surface area (Å²) < 4.78 is 12.1. The normalized spacial score (nSPS) is 14.9. The van der Waals surface area contributed by atoms with Crippen LogP contribution >= 0.6 is 0 Å². The van der Waals surface area contributed by atoms with Gasteiger partial charge in [-0.3, -0.25) is 9.59 Å². The number of amides is 2. The number of hydrogen-bond acceptors (Lipinski definition) is 5. The molecule has 0 saturated carbocycles. The molecule has 1 aliphatic rings. The van der Waals surface area contributed by atoms with Gasteiger partial charge in [0.2, 0.25) is 5.91 Å². The number of aromatic nitrogens is 2. The van der Waals surface area contributed by atoms with E-state index in [9.17, 15) is 9.59 Å². The highest BCUT2D eigenvalue weighted by Crippen LogP contribution is 2.38. The first kappa shape index (κ1) is 19.7. The van der Waals surface area contributed by atoms with Crippen LogP contribution in [0.15, 0.2) is 54.6 Å². The third-order valence-corrected chi connectivity index (χ3v) is 4.90. The van der Waals surface area contributed by atoms with Crippen molar-refractivity contribution in [1.82, 2.24) is 9.78 Å². The second-order valence-electron chi connectivity index (χ2n) is 6.90. The molecule has 0 fully saturated rings. The first-order valence-electron chi connectivity index (χ1n) is 9.51. The van der Waals surface area contributed by atoms with Crippen LogP contribution in [0.3, 0.4) is 0 Å². The van der Waals surface area contributed by atoms with E-state index in [1.165, 1.54) is 0 Å². The summed E-state index contributed by atoms with van der Waals surface area (Å²) in [5.74, 6) is 0.663. The van der Waals surface area contributed by atoms with Gasteiger partial charge in [-0.05, 0) is 17.7 Å². The summed E-state index contributed by atoms with van der Waals surface area (Å²) in [6.07, 6.45) is -0.0433. The molecule has 2 N–H and O–H groups in total. The van der Waals surface area contributed by atoms with Gasteiger partial charge < -0.3 is 20.1 Å². The molecule has 8 heteroatoms. The Morgan fingerprint density at radius 1 is 1.17 bits per heavy atom. The van der Waals surface area contributed by atoms with Crippen molar-refractivity contribution in [3.05, 3.63) is 60.3 Å². The molecule has 1 unspecified atom stereocenters. The molecule has 0 aliphatic carbocycles. The summed E-state index contributed by atoms with van der Waals surface area (Å²) in [5, 5.41) is 10.3. The van der Waals surface area contributed by atoms with Crippen molar-refractivity contribution in [2.75, 3.05) is 24.9 Å². The lowest BCUT2D eigenvalue weighted by Gasteiger charge is -2.11. The van der Waals surface area contributed by atoms with Crippen LogP contribution in [-0.4, -0.2) is 35.8 Å². The maximum Gasteiger partial charge on any atom is 0.251 e. The maximum atomic E-state index is 12.6. The molecule has 0 saturated heterocycles. The van der Waals surface area contributed by atoms with E-state index in [0.29, 0.717) is 29.6 Å². The largest absolute Gasteiger partial charge is 0.497 e. The SMILES string of the molecule is COCc1nn2c(c1-c1ccccc1)NC(=O)C2CC(=O)Nc1cccc(OC)c1. The Balaban J connectivity index is 1.60. The molecule has 30 heavy (non-hydrogen) atoms.